The Labute approximate surface area is 68.3 Å². The molecule has 0 saturated heterocycles. The van der Waals surface area contributed by atoms with E-state index in [2.05, 4.69) is 11.9 Å². The Morgan fingerprint density at radius 3 is 2.64 bits per heavy atom. The van der Waals surface area contributed by atoms with Gasteiger partial charge in [-0.25, -0.2) is 0 Å². The van der Waals surface area contributed by atoms with Crippen molar-refractivity contribution in [2.24, 2.45) is 0 Å². The molecule has 2 heteroatoms. The van der Waals surface area contributed by atoms with Crippen LogP contribution < -0.4 is 5.32 Å². The van der Waals surface area contributed by atoms with Gasteiger partial charge in [-0.05, 0) is 32.7 Å². The molecule has 2 N–H and O–H groups in total. The van der Waals surface area contributed by atoms with E-state index in [0.29, 0.717) is 0 Å². The molecule has 0 radical (unpaired) electrons. The van der Waals surface area contributed by atoms with Crippen molar-refractivity contribution >= 4 is 0 Å². The maximum absolute atomic E-state index is 8.94. The maximum Gasteiger partial charge on any atom is 0.0613 e. The molecular weight excluding hydrogens is 138 g/mol. The van der Waals surface area contributed by atoms with Crippen LogP contribution in [0.5, 0.6) is 0 Å². The van der Waals surface area contributed by atoms with Crippen LogP contribution in [-0.2, 0) is 0 Å². The highest BCUT2D eigenvalue weighted by Gasteiger charge is 2.40. The molecular formula is C9H17NO. The number of hydrogen-bond donors (Lipinski definition) is 2. The fraction of sp³-hybridized carbons (Fsp3) is 0.778. The van der Waals surface area contributed by atoms with Crippen molar-refractivity contribution in [3.05, 3.63) is 12.2 Å². The van der Waals surface area contributed by atoms with Crippen LogP contribution >= 0.6 is 0 Å². The molecule has 0 spiro atoms. The van der Waals surface area contributed by atoms with Gasteiger partial charge in [0, 0.05) is 5.54 Å². The maximum atomic E-state index is 8.94. The van der Waals surface area contributed by atoms with Crippen molar-refractivity contribution in [3.63, 3.8) is 0 Å². The molecule has 1 aliphatic carbocycles. The molecule has 0 aromatic heterocycles. The van der Waals surface area contributed by atoms with Gasteiger partial charge in [0.15, 0.2) is 0 Å². The number of aliphatic hydroxyl groups excluding tert-OH is 1. The normalized spacial score (nSPS) is 19.8. The third-order valence-corrected chi connectivity index (χ3v) is 2.21. The summed E-state index contributed by atoms with van der Waals surface area (Å²) in [7, 11) is 0. The summed E-state index contributed by atoms with van der Waals surface area (Å²) in [6.07, 6.45) is 3.27. The molecule has 0 bridgehead atoms. The van der Waals surface area contributed by atoms with Gasteiger partial charge in [-0.2, -0.15) is 0 Å². The number of rotatable bonds is 5. The fourth-order valence-electron chi connectivity index (χ4n) is 1.08. The van der Waals surface area contributed by atoms with Crippen LogP contribution in [0.1, 0.15) is 26.2 Å². The van der Waals surface area contributed by atoms with Gasteiger partial charge in [0.1, 0.15) is 0 Å². The van der Waals surface area contributed by atoms with Gasteiger partial charge in [0.2, 0.25) is 0 Å². The summed E-state index contributed by atoms with van der Waals surface area (Å²) in [6.45, 7) is 7.08. The molecule has 11 heavy (non-hydrogen) atoms. The topological polar surface area (TPSA) is 32.3 Å². The van der Waals surface area contributed by atoms with E-state index in [1.54, 1.807) is 0 Å². The van der Waals surface area contributed by atoms with E-state index in [9.17, 15) is 0 Å². The predicted molar refractivity (Wildman–Crippen MR) is 46.5 cm³/mol. The molecule has 0 unspecified atom stereocenters. The van der Waals surface area contributed by atoms with Crippen LogP contribution in [0.3, 0.4) is 0 Å². The van der Waals surface area contributed by atoms with Gasteiger partial charge in [-0.1, -0.05) is 5.57 Å². The van der Waals surface area contributed by atoms with E-state index >= 15 is 0 Å². The van der Waals surface area contributed by atoms with Gasteiger partial charge in [-0.3, -0.25) is 0 Å². The van der Waals surface area contributed by atoms with E-state index in [4.69, 9.17) is 5.11 Å². The summed E-state index contributed by atoms with van der Waals surface area (Å²) < 4.78 is 0. The zero-order chi connectivity index (χ0) is 8.32. The zero-order valence-corrected chi connectivity index (χ0v) is 7.19. The summed E-state index contributed by atoms with van der Waals surface area (Å²) in [6, 6.07) is 0. The lowest BCUT2D eigenvalue weighted by atomic mass is 10.2. The van der Waals surface area contributed by atoms with Crippen molar-refractivity contribution in [1.82, 2.24) is 5.32 Å². The predicted octanol–water partition coefficient (Wildman–Crippen LogP) is 1.07. The lowest BCUT2D eigenvalue weighted by Gasteiger charge is -2.13. The van der Waals surface area contributed by atoms with Crippen molar-refractivity contribution < 1.29 is 5.11 Å². The van der Waals surface area contributed by atoms with Crippen LogP contribution in [0, 0.1) is 0 Å². The molecule has 1 rings (SSSR count). The Morgan fingerprint density at radius 1 is 1.64 bits per heavy atom. The highest BCUT2D eigenvalue weighted by atomic mass is 16.3. The van der Waals surface area contributed by atoms with E-state index in [1.165, 1.54) is 5.57 Å². The molecule has 0 atom stereocenters. The molecule has 0 aromatic rings. The average molecular weight is 155 g/mol. The molecule has 64 valence electrons. The van der Waals surface area contributed by atoms with Gasteiger partial charge in [0.25, 0.3) is 0 Å². The van der Waals surface area contributed by atoms with Gasteiger partial charge in [0.05, 0.1) is 6.61 Å². The molecule has 1 saturated carbocycles. The number of aliphatic hydroxyl groups is 1. The number of nitrogens with one attached hydrogen (secondary N) is 1. The van der Waals surface area contributed by atoms with Crippen LogP contribution in [0.2, 0.25) is 0 Å². The molecule has 0 aliphatic heterocycles. The van der Waals surface area contributed by atoms with Crippen molar-refractivity contribution in [3.8, 4) is 0 Å². The third-order valence-electron chi connectivity index (χ3n) is 2.21. The van der Waals surface area contributed by atoms with E-state index in [1.807, 2.05) is 6.92 Å². The molecule has 0 aromatic carbocycles. The summed E-state index contributed by atoms with van der Waals surface area (Å²) in [5.74, 6) is 0. The SMILES string of the molecule is C=C(C)CCNC1(CO)CC1. The zero-order valence-electron chi connectivity index (χ0n) is 7.19. The molecule has 2 nitrogen and oxygen atoms in total. The quantitative estimate of drug-likeness (QED) is 0.582. The summed E-state index contributed by atoms with van der Waals surface area (Å²) in [5.41, 5.74) is 1.29. The van der Waals surface area contributed by atoms with Crippen molar-refractivity contribution in [2.75, 3.05) is 13.2 Å². The first-order valence-electron chi connectivity index (χ1n) is 4.19. The Bertz CT molecular complexity index is 150. The standard InChI is InChI=1S/C9H17NO/c1-8(2)3-6-10-9(7-11)4-5-9/h10-11H,1,3-7H2,2H3. The fourth-order valence-corrected chi connectivity index (χ4v) is 1.08. The van der Waals surface area contributed by atoms with E-state index < -0.39 is 0 Å². The largest absolute Gasteiger partial charge is 0.394 e. The first kappa shape index (κ1) is 8.75. The summed E-state index contributed by atoms with van der Waals surface area (Å²) >= 11 is 0. The van der Waals surface area contributed by atoms with Crippen LogP contribution in [0.15, 0.2) is 12.2 Å². The monoisotopic (exact) mass is 155 g/mol. The minimum atomic E-state index is 0.0927. The lowest BCUT2D eigenvalue weighted by molar-refractivity contribution is 0.231. The van der Waals surface area contributed by atoms with Gasteiger partial charge >= 0.3 is 0 Å². The lowest BCUT2D eigenvalue weighted by Crippen LogP contribution is -2.35. The minimum absolute atomic E-state index is 0.0927. The summed E-state index contributed by atoms with van der Waals surface area (Å²) in [5, 5.41) is 12.3. The van der Waals surface area contributed by atoms with E-state index in [-0.39, 0.29) is 12.1 Å². The second-order valence-corrected chi connectivity index (χ2v) is 3.57. The second kappa shape index (κ2) is 3.37. The van der Waals surface area contributed by atoms with Crippen molar-refractivity contribution in [2.45, 2.75) is 31.7 Å². The molecule has 0 amide bonds. The van der Waals surface area contributed by atoms with Crippen molar-refractivity contribution in [1.29, 1.82) is 0 Å². The second-order valence-electron chi connectivity index (χ2n) is 3.57. The van der Waals surface area contributed by atoms with Gasteiger partial charge in [-0.15, -0.1) is 6.58 Å². The molecule has 1 aliphatic rings. The highest BCUT2D eigenvalue weighted by Crippen LogP contribution is 2.34. The highest BCUT2D eigenvalue weighted by molar-refractivity contribution is 5.02. The smallest absolute Gasteiger partial charge is 0.0613 e. The Kier molecular flexibility index (Phi) is 2.68. The first-order valence-corrected chi connectivity index (χ1v) is 4.19. The van der Waals surface area contributed by atoms with Crippen LogP contribution in [-0.4, -0.2) is 23.8 Å². The van der Waals surface area contributed by atoms with Crippen LogP contribution in [0.25, 0.3) is 0 Å². The third kappa shape index (κ3) is 2.64. The molecule has 0 heterocycles. The number of hydrogen-bond acceptors (Lipinski definition) is 2. The Morgan fingerprint density at radius 2 is 2.27 bits per heavy atom. The average Bonchev–Trinajstić information content (AvgIpc) is 2.69. The first-order chi connectivity index (χ1) is 5.18. The Balaban J connectivity index is 2.07. The summed E-state index contributed by atoms with van der Waals surface area (Å²) in [4.78, 5) is 0. The van der Waals surface area contributed by atoms with E-state index in [0.717, 1.165) is 25.8 Å². The van der Waals surface area contributed by atoms with Gasteiger partial charge < -0.3 is 10.4 Å². The minimum Gasteiger partial charge on any atom is -0.394 e. The molecule has 1 fully saturated rings. The Hall–Kier alpha value is -0.340. The van der Waals surface area contributed by atoms with Crippen LogP contribution in [0.4, 0.5) is 0 Å².